The van der Waals surface area contributed by atoms with E-state index in [0.29, 0.717) is 12.8 Å². The van der Waals surface area contributed by atoms with Gasteiger partial charge in [0.2, 0.25) is 0 Å². The Balaban J connectivity index is 2.49. The summed E-state index contributed by atoms with van der Waals surface area (Å²) >= 11 is 0. The van der Waals surface area contributed by atoms with Crippen LogP contribution in [0, 0.1) is 5.92 Å². The third kappa shape index (κ3) is 1.48. The fourth-order valence-electron chi connectivity index (χ4n) is 1.34. The first-order valence-corrected chi connectivity index (χ1v) is 3.65. The molecule has 0 spiro atoms. The molecular formula is C7H14O3. The molecular weight excluding hydrogens is 132 g/mol. The van der Waals surface area contributed by atoms with Gasteiger partial charge in [-0.25, -0.2) is 0 Å². The van der Waals surface area contributed by atoms with Gasteiger partial charge in [-0.05, 0) is 12.8 Å². The molecule has 0 aromatic carbocycles. The largest absolute Gasteiger partial charge is 0.393 e. The van der Waals surface area contributed by atoms with Crippen LogP contribution in [-0.2, 0) is 0 Å². The molecule has 1 fully saturated rings. The summed E-state index contributed by atoms with van der Waals surface area (Å²) in [5, 5.41) is 27.4. The van der Waals surface area contributed by atoms with Crippen molar-refractivity contribution in [2.75, 3.05) is 0 Å². The zero-order valence-electron chi connectivity index (χ0n) is 6.07. The predicted octanol–water partition coefficient (Wildman–Crippen LogP) is -0.501. The van der Waals surface area contributed by atoms with Gasteiger partial charge in [0.05, 0.1) is 18.3 Å². The Morgan fingerprint density at radius 3 is 1.80 bits per heavy atom. The zero-order chi connectivity index (χ0) is 7.72. The summed E-state index contributed by atoms with van der Waals surface area (Å²) in [7, 11) is 0. The van der Waals surface area contributed by atoms with Gasteiger partial charge in [0, 0.05) is 5.92 Å². The highest BCUT2D eigenvalue weighted by Gasteiger charge is 2.31. The molecule has 0 amide bonds. The summed E-state index contributed by atoms with van der Waals surface area (Å²) < 4.78 is 0. The van der Waals surface area contributed by atoms with E-state index < -0.39 is 18.3 Å². The minimum absolute atomic E-state index is 0.0941. The van der Waals surface area contributed by atoms with Crippen LogP contribution in [0.3, 0.4) is 0 Å². The maximum Gasteiger partial charge on any atom is 0.0615 e. The van der Waals surface area contributed by atoms with Gasteiger partial charge in [0.15, 0.2) is 0 Å². The summed E-state index contributed by atoms with van der Waals surface area (Å²) in [6, 6.07) is 0. The van der Waals surface area contributed by atoms with Crippen molar-refractivity contribution >= 4 is 0 Å². The minimum Gasteiger partial charge on any atom is -0.393 e. The molecule has 1 saturated carbocycles. The zero-order valence-corrected chi connectivity index (χ0v) is 6.07. The second-order valence-corrected chi connectivity index (χ2v) is 3.12. The van der Waals surface area contributed by atoms with Crippen LogP contribution in [0.2, 0.25) is 0 Å². The Labute approximate surface area is 60.3 Å². The Bertz CT molecular complexity index is 103. The second-order valence-electron chi connectivity index (χ2n) is 3.12. The third-order valence-corrected chi connectivity index (χ3v) is 2.24. The van der Waals surface area contributed by atoms with Crippen LogP contribution in [0.1, 0.15) is 19.8 Å². The van der Waals surface area contributed by atoms with Crippen LogP contribution < -0.4 is 0 Å². The molecule has 1 aliphatic carbocycles. The van der Waals surface area contributed by atoms with Gasteiger partial charge in [-0.2, -0.15) is 0 Å². The molecule has 0 aromatic rings. The topological polar surface area (TPSA) is 60.7 Å². The van der Waals surface area contributed by atoms with Crippen molar-refractivity contribution in [1.82, 2.24) is 0 Å². The van der Waals surface area contributed by atoms with Gasteiger partial charge in [-0.15, -0.1) is 0 Å². The standard InChI is InChI=1S/C7H14O3/c1-4-6(9)2-5(8)3-7(4)10/h4-10H,2-3H2,1H3/t4-,5+,6-,7+. The van der Waals surface area contributed by atoms with Crippen LogP contribution in [0.5, 0.6) is 0 Å². The van der Waals surface area contributed by atoms with Crippen molar-refractivity contribution in [3.8, 4) is 0 Å². The first-order chi connectivity index (χ1) is 4.61. The molecule has 10 heavy (non-hydrogen) atoms. The molecule has 1 aliphatic rings. The highest BCUT2D eigenvalue weighted by molar-refractivity contribution is 4.82. The number of aliphatic hydroxyl groups is 3. The quantitative estimate of drug-likeness (QED) is 0.431. The van der Waals surface area contributed by atoms with Crippen molar-refractivity contribution in [2.45, 2.75) is 38.1 Å². The lowest BCUT2D eigenvalue weighted by Gasteiger charge is -2.32. The number of hydrogen-bond acceptors (Lipinski definition) is 3. The normalized spacial score (nSPS) is 49.2. The Morgan fingerprint density at radius 2 is 1.40 bits per heavy atom. The van der Waals surface area contributed by atoms with Crippen LogP contribution in [0.4, 0.5) is 0 Å². The molecule has 0 aromatic heterocycles. The van der Waals surface area contributed by atoms with E-state index in [1.165, 1.54) is 0 Å². The SMILES string of the molecule is C[C@@H]1[C@H](O)C[C@H](O)C[C@@H]1O. The van der Waals surface area contributed by atoms with Gasteiger partial charge in [-0.1, -0.05) is 6.92 Å². The maximum absolute atomic E-state index is 9.20. The molecule has 0 saturated heterocycles. The predicted molar refractivity (Wildman–Crippen MR) is 36.4 cm³/mol. The van der Waals surface area contributed by atoms with Gasteiger partial charge in [0.1, 0.15) is 0 Å². The van der Waals surface area contributed by atoms with E-state index in [9.17, 15) is 10.2 Å². The molecule has 3 nitrogen and oxygen atoms in total. The molecule has 60 valence electrons. The highest BCUT2D eigenvalue weighted by atomic mass is 16.3. The van der Waals surface area contributed by atoms with Crippen molar-refractivity contribution in [2.24, 2.45) is 5.92 Å². The average Bonchev–Trinajstić information content (AvgIpc) is 1.82. The van der Waals surface area contributed by atoms with Crippen LogP contribution in [-0.4, -0.2) is 33.6 Å². The van der Waals surface area contributed by atoms with Crippen molar-refractivity contribution in [3.05, 3.63) is 0 Å². The molecule has 0 unspecified atom stereocenters. The Morgan fingerprint density at radius 1 is 1.00 bits per heavy atom. The summed E-state index contributed by atoms with van der Waals surface area (Å²) in [5.74, 6) is -0.0941. The van der Waals surface area contributed by atoms with Gasteiger partial charge in [-0.3, -0.25) is 0 Å². The first kappa shape index (κ1) is 7.98. The van der Waals surface area contributed by atoms with E-state index in [1.807, 2.05) is 0 Å². The van der Waals surface area contributed by atoms with Crippen molar-refractivity contribution in [3.63, 3.8) is 0 Å². The van der Waals surface area contributed by atoms with Crippen LogP contribution >= 0.6 is 0 Å². The Kier molecular flexibility index (Phi) is 2.28. The third-order valence-electron chi connectivity index (χ3n) is 2.24. The molecule has 0 aliphatic heterocycles. The van der Waals surface area contributed by atoms with E-state index in [1.54, 1.807) is 6.92 Å². The highest BCUT2D eigenvalue weighted by Crippen LogP contribution is 2.24. The second kappa shape index (κ2) is 2.86. The van der Waals surface area contributed by atoms with Gasteiger partial charge < -0.3 is 15.3 Å². The van der Waals surface area contributed by atoms with Crippen LogP contribution in [0.15, 0.2) is 0 Å². The maximum atomic E-state index is 9.20. The molecule has 0 bridgehead atoms. The fraction of sp³-hybridized carbons (Fsp3) is 1.00. The average molecular weight is 146 g/mol. The number of rotatable bonds is 0. The summed E-state index contributed by atoms with van der Waals surface area (Å²) in [6.45, 7) is 1.79. The number of hydrogen-bond donors (Lipinski definition) is 3. The molecule has 4 atom stereocenters. The van der Waals surface area contributed by atoms with Gasteiger partial charge >= 0.3 is 0 Å². The summed E-state index contributed by atoms with van der Waals surface area (Å²) in [4.78, 5) is 0. The van der Waals surface area contributed by atoms with E-state index in [-0.39, 0.29) is 5.92 Å². The van der Waals surface area contributed by atoms with Crippen molar-refractivity contribution in [1.29, 1.82) is 0 Å². The van der Waals surface area contributed by atoms with Gasteiger partial charge in [0.25, 0.3) is 0 Å². The van der Waals surface area contributed by atoms with E-state index in [2.05, 4.69) is 0 Å². The lowest BCUT2D eigenvalue weighted by Crippen LogP contribution is -2.40. The molecule has 3 N–H and O–H groups in total. The fourth-order valence-corrected chi connectivity index (χ4v) is 1.34. The molecule has 0 heterocycles. The minimum atomic E-state index is -0.543. The summed E-state index contributed by atoms with van der Waals surface area (Å²) in [6.07, 6.45) is -0.810. The van der Waals surface area contributed by atoms with E-state index in [4.69, 9.17) is 5.11 Å². The lowest BCUT2D eigenvalue weighted by atomic mass is 9.84. The smallest absolute Gasteiger partial charge is 0.0615 e. The molecule has 1 rings (SSSR count). The van der Waals surface area contributed by atoms with Crippen molar-refractivity contribution < 1.29 is 15.3 Å². The van der Waals surface area contributed by atoms with Crippen LogP contribution in [0.25, 0.3) is 0 Å². The Hall–Kier alpha value is -0.120. The lowest BCUT2D eigenvalue weighted by molar-refractivity contribution is -0.0651. The number of aliphatic hydroxyl groups excluding tert-OH is 3. The van der Waals surface area contributed by atoms with E-state index >= 15 is 0 Å². The monoisotopic (exact) mass is 146 g/mol. The molecule has 0 radical (unpaired) electrons. The summed E-state index contributed by atoms with van der Waals surface area (Å²) in [5.41, 5.74) is 0. The first-order valence-electron chi connectivity index (χ1n) is 3.65. The molecule has 3 heteroatoms. The van der Waals surface area contributed by atoms with E-state index in [0.717, 1.165) is 0 Å².